The standard InChI is InChI=1S/C22H39N3O7/c1-8-9-14-30-17(26)15-24-18(27)16(25-20(29)32-22(5,6)7)12-10-11-13-23-19(28)31-21(2,3)4/h8-9,16H,10-15H2,1-7H3,(H,23,28)(H,24,27)(H,25,29)/b9-8+. The lowest BCUT2D eigenvalue weighted by Gasteiger charge is -2.23. The summed E-state index contributed by atoms with van der Waals surface area (Å²) in [6, 6.07) is -0.908. The van der Waals surface area contributed by atoms with Crippen molar-refractivity contribution in [2.75, 3.05) is 19.7 Å². The summed E-state index contributed by atoms with van der Waals surface area (Å²) < 4.78 is 15.3. The Bertz CT molecular complexity index is 649. The zero-order valence-corrected chi connectivity index (χ0v) is 20.3. The van der Waals surface area contributed by atoms with Crippen LogP contribution in [-0.4, -0.2) is 61.0 Å². The highest BCUT2D eigenvalue weighted by molar-refractivity contribution is 5.88. The fraction of sp³-hybridized carbons (Fsp3) is 0.727. The van der Waals surface area contributed by atoms with Crippen LogP contribution in [0.4, 0.5) is 9.59 Å². The Hall–Kier alpha value is -2.78. The molecule has 10 nitrogen and oxygen atoms in total. The quantitative estimate of drug-likeness (QED) is 0.188. The molecule has 0 saturated carbocycles. The van der Waals surface area contributed by atoms with Crippen LogP contribution in [0.25, 0.3) is 0 Å². The SMILES string of the molecule is C/C=C/COC(=O)CNC(=O)C(CCCCNC(=O)OC(C)(C)C)NC(=O)OC(C)(C)C. The molecule has 0 rings (SSSR count). The van der Waals surface area contributed by atoms with Gasteiger partial charge in [0.25, 0.3) is 0 Å². The van der Waals surface area contributed by atoms with Gasteiger partial charge >= 0.3 is 18.2 Å². The molecule has 1 unspecified atom stereocenters. The van der Waals surface area contributed by atoms with Gasteiger partial charge in [0.1, 0.15) is 30.4 Å². The minimum Gasteiger partial charge on any atom is -0.460 e. The molecular weight excluding hydrogens is 418 g/mol. The molecule has 0 spiro atoms. The van der Waals surface area contributed by atoms with E-state index in [2.05, 4.69) is 16.0 Å². The minimum absolute atomic E-state index is 0.120. The van der Waals surface area contributed by atoms with E-state index in [-0.39, 0.29) is 19.6 Å². The molecule has 0 aliphatic rings. The monoisotopic (exact) mass is 457 g/mol. The average molecular weight is 458 g/mol. The Labute approximate surface area is 190 Å². The molecule has 0 heterocycles. The summed E-state index contributed by atoms with van der Waals surface area (Å²) in [5, 5.41) is 7.63. The van der Waals surface area contributed by atoms with E-state index in [1.807, 2.05) is 0 Å². The number of alkyl carbamates (subject to hydrolysis) is 2. The highest BCUT2D eigenvalue weighted by atomic mass is 16.6. The van der Waals surface area contributed by atoms with E-state index < -0.39 is 41.3 Å². The van der Waals surface area contributed by atoms with E-state index in [9.17, 15) is 19.2 Å². The van der Waals surface area contributed by atoms with Crippen LogP contribution in [0.1, 0.15) is 67.7 Å². The van der Waals surface area contributed by atoms with Crippen LogP contribution in [-0.2, 0) is 23.8 Å². The first-order valence-corrected chi connectivity index (χ1v) is 10.7. The number of rotatable bonds is 11. The summed E-state index contributed by atoms with van der Waals surface area (Å²) in [5.41, 5.74) is -1.31. The first-order valence-electron chi connectivity index (χ1n) is 10.7. The van der Waals surface area contributed by atoms with Crippen LogP contribution >= 0.6 is 0 Å². The number of unbranched alkanes of at least 4 members (excludes halogenated alkanes) is 1. The number of carbonyl (C=O) groups is 4. The second kappa shape index (κ2) is 14.3. The van der Waals surface area contributed by atoms with E-state index in [0.29, 0.717) is 19.4 Å². The minimum atomic E-state index is -0.908. The predicted molar refractivity (Wildman–Crippen MR) is 120 cm³/mol. The van der Waals surface area contributed by atoms with Crippen molar-refractivity contribution in [1.82, 2.24) is 16.0 Å². The van der Waals surface area contributed by atoms with E-state index in [1.54, 1.807) is 60.6 Å². The lowest BCUT2D eigenvalue weighted by atomic mass is 10.1. The summed E-state index contributed by atoms with van der Waals surface area (Å²) in [6.07, 6.45) is 3.52. The van der Waals surface area contributed by atoms with Gasteiger partial charge < -0.3 is 30.2 Å². The van der Waals surface area contributed by atoms with Gasteiger partial charge in [-0.1, -0.05) is 12.2 Å². The highest BCUT2D eigenvalue weighted by Gasteiger charge is 2.24. The third-order valence-electron chi connectivity index (χ3n) is 3.58. The van der Waals surface area contributed by atoms with Crippen LogP contribution < -0.4 is 16.0 Å². The Morgan fingerprint density at radius 1 is 0.875 bits per heavy atom. The molecule has 184 valence electrons. The maximum absolute atomic E-state index is 12.5. The number of amides is 3. The number of hydrogen-bond donors (Lipinski definition) is 3. The smallest absolute Gasteiger partial charge is 0.408 e. The third-order valence-corrected chi connectivity index (χ3v) is 3.58. The van der Waals surface area contributed by atoms with Crippen molar-refractivity contribution < 1.29 is 33.4 Å². The number of esters is 1. The maximum atomic E-state index is 12.5. The van der Waals surface area contributed by atoms with Crippen molar-refractivity contribution in [3.05, 3.63) is 12.2 Å². The van der Waals surface area contributed by atoms with E-state index in [1.165, 1.54) is 0 Å². The van der Waals surface area contributed by atoms with Crippen molar-refractivity contribution in [2.45, 2.75) is 85.0 Å². The lowest BCUT2D eigenvalue weighted by molar-refractivity contribution is -0.143. The molecule has 3 amide bonds. The van der Waals surface area contributed by atoms with Crippen LogP contribution in [0.2, 0.25) is 0 Å². The zero-order valence-electron chi connectivity index (χ0n) is 20.3. The molecule has 0 radical (unpaired) electrons. The highest BCUT2D eigenvalue weighted by Crippen LogP contribution is 2.09. The van der Waals surface area contributed by atoms with Crippen molar-refractivity contribution in [3.8, 4) is 0 Å². The van der Waals surface area contributed by atoms with Gasteiger partial charge in [-0.15, -0.1) is 0 Å². The van der Waals surface area contributed by atoms with Crippen LogP contribution in [0.15, 0.2) is 12.2 Å². The molecule has 0 saturated heterocycles. The van der Waals surface area contributed by atoms with Gasteiger partial charge in [0, 0.05) is 6.54 Å². The number of hydrogen-bond acceptors (Lipinski definition) is 7. The number of nitrogens with one attached hydrogen (secondary N) is 3. The van der Waals surface area contributed by atoms with Crippen molar-refractivity contribution in [1.29, 1.82) is 0 Å². The molecule has 0 aliphatic heterocycles. The van der Waals surface area contributed by atoms with Gasteiger partial charge in [-0.2, -0.15) is 0 Å². The molecule has 32 heavy (non-hydrogen) atoms. The first kappa shape index (κ1) is 29.2. The number of carbonyl (C=O) groups excluding carboxylic acids is 4. The molecule has 0 fully saturated rings. The maximum Gasteiger partial charge on any atom is 0.408 e. The van der Waals surface area contributed by atoms with Gasteiger partial charge in [-0.3, -0.25) is 9.59 Å². The first-order chi connectivity index (χ1) is 14.7. The van der Waals surface area contributed by atoms with Gasteiger partial charge in [0.2, 0.25) is 5.91 Å². The fourth-order valence-electron chi connectivity index (χ4n) is 2.27. The predicted octanol–water partition coefficient (Wildman–Crippen LogP) is 2.81. The van der Waals surface area contributed by atoms with Gasteiger partial charge in [0.15, 0.2) is 0 Å². The topological polar surface area (TPSA) is 132 Å². The largest absolute Gasteiger partial charge is 0.460 e. The molecule has 1 atom stereocenters. The van der Waals surface area contributed by atoms with Crippen molar-refractivity contribution in [3.63, 3.8) is 0 Å². The van der Waals surface area contributed by atoms with Crippen molar-refractivity contribution in [2.24, 2.45) is 0 Å². The molecular formula is C22H39N3O7. The van der Waals surface area contributed by atoms with Crippen LogP contribution in [0.5, 0.6) is 0 Å². The molecule has 10 heteroatoms. The Kier molecular flexibility index (Phi) is 13.1. The Morgan fingerprint density at radius 3 is 2.03 bits per heavy atom. The Balaban J connectivity index is 4.66. The number of ether oxygens (including phenoxy) is 3. The van der Waals surface area contributed by atoms with Crippen molar-refractivity contribution >= 4 is 24.1 Å². The Morgan fingerprint density at radius 2 is 1.47 bits per heavy atom. The van der Waals surface area contributed by atoms with Crippen LogP contribution in [0.3, 0.4) is 0 Å². The van der Waals surface area contributed by atoms with Gasteiger partial charge in [0.05, 0.1) is 0 Å². The summed E-state index contributed by atoms with van der Waals surface area (Å²) >= 11 is 0. The summed E-state index contributed by atoms with van der Waals surface area (Å²) in [6.45, 7) is 12.4. The van der Waals surface area contributed by atoms with Gasteiger partial charge in [-0.25, -0.2) is 9.59 Å². The van der Waals surface area contributed by atoms with E-state index in [0.717, 1.165) is 0 Å². The second-order valence-corrected chi connectivity index (χ2v) is 9.09. The van der Waals surface area contributed by atoms with Crippen LogP contribution in [0, 0.1) is 0 Å². The average Bonchev–Trinajstić information content (AvgIpc) is 2.62. The van der Waals surface area contributed by atoms with E-state index >= 15 is 0 Å². The molecule has 0 aromatic carbocycles. The molecule has 3 N–H and O–H groups in total. The lowest BCUT2D eigenvalue weighted by Crippen LogP contribution is -2.49. The summed E-state index contributed by atoms with van der Waals surface area (Å²) in [7, 11) is 0. The summed E-state index contributed by atoms with van der Waals surface area (Å²) in [4.78, 5) is 48.0. The summed E-state index contributed by atoms with van der Waals surface area (Å²) in [5.74, 6) is -1.12. The molecule has 0 aromatic heterocycles. The van der Waals surface area contributed by atoms with E-state index in [4.69, 9.17) is 14.2 Å². The molecule has 0 aromatic rings. The number of allylic oxidation sites excluding steroid dienone is 1. The fourth-order valence-corrected chi connectivity index (χ4v) is 2.27. The second-order valence-electron chi connectivity index (χ2n) is 9.09. The molecule has 0 bridgehead atoms. The van der Waals surface area contributed by atoms with Gasteiger partial charge in [-0.05, 0) is 67.7 Å². The molecule has 0 aliphatic carbocycles. The normalized spacial score (nSPS) is 12.6. The zero-order chi connectivity index (χ0) is 24.8. The third kappa shape index (κ3) is 17.0.